The van der Waals surface area contributed by atoms with E-state index < -0.39 is 11.6 Å². The van der Waals surface area contributed by atoms with Crippen LogP contribution in [-0.2, 0) is 6.54 Å². The van der Waals surface area contributed by atoms with Gasteiger partial charge in [-0.1, -0.05) is 24.3 Å². The highest BCUT2D eigenvalue weighted by Gasteiger charge is 2.08. The average Bonchev–Trinajstić information content (AvgIpc) is 2.38. The first kappa shape index (κ1) is 12.1. The lowest BCUT2D eigenvalue weighted by Crippen LogP contribution is -2.05. The van der Waals surface area contributed by atoms with Gasteiger partial charge in [0.2, 0.25) is 0 Å². The molecule has 0 unspecified atom stereocenters. The number of hydrogen-bond acceptors (Lipinski definition) is 2. The average molecular weight is 244 g/mol. The number of benzene rings is 2. The third-order valence-corrected chi connectivity index (χ3v) is 2.56. The molecule has 0 atom stereocenters. The van der Waals surface area contributed by atoms with Crippen molar-refractivity contribution >= 4 is 5.69 Å². The molecule has 0 aliphatic heterocycles. The van der Waals surface area contributed by atoms with Crippen molar-refractivity contribution in [2.24, 2.45) is 0 Å². The summed E-state index contributed by atoms with van der Waals surface area (Å²) in [6, 6.07) is 12.6. The summed E-state index contributed by atoms with van der Waals surface area (Å²) in [4.78, 5) is 0. The molecule has 2 aromatic carbocycles. The van der Waals surface area contributed by atoms with Crippen molar-refractivity contribution in [3.05, 3.63) is 65.2 Å². The molecule has 0 radical (unpaired) electrons. The molecule has 0 heterocycles. The summed E-state index contributed by atoms with van der Waals surface area (Å²) in [5.74, 6) is -1.30. The van der Waals surface area contributed by atoms with Gasteiger partial charge in [0.05, 0.1) is 11.6 Å². The molecule has 0 bridgehead atoms. The second-order valence-corrected chi connectivity index (χ2v) is 3.72. The summed E-state index contributed by atoms with van der Waals surface area (Å²) < 4.78 is 26.7. The Bertz CT molecular complexity index is 583. The van der Waals surface area contributed by atoms with Gasteiger partial charge >= 0.3 is 0 Å². The van der Waals surface area contributed by atoms with Crippen molar-refractivity contribution in [2.45, 2.75) is 6.54 Å². The van der Waals surface area contributed by atoms with Crippen LogP contribution in [0.25, 0.3) is 0 Å². The second-order valence-electron chi connectivity index (χ2n) is 3.72. The highest BCUT2D eigenvalue weighted by atomic mass is 19.1. The molecule has 0 aromatic heterocycles. The molecular weight excluding hydrogens is 234 g/mol. The van der Waals surface area contributed by atoms with Crippen molar-refractivity contribution in [2.75, 3.05) is 5.32 Å². The predicted molar refractivity (Wildman–Crippen MR) is 64.8 cm³/mol. The maximum Gasteiger partial charge on any atom is 0.149 e. The number of para-hydroxylation sites is 1. The van der Waals surface area contributed by atoms with Crippen LogP contribution >= 0.6 is 0 Å². The Morgan fingerprint density at radius 1 is 1.00 bits per heavy atom. The molecule has 0 aliphatic carbocycles. The van der Waals surface area contributed by atoms with Gasteiger partial charge in [-0.3, -0.25) is 0 Å². The van der Waals surface area contributed by atoms with Gasteiger partial charge in [-0.2, -0.15) is 5.26 Å². The van der Waals surface area contributed by atoms with E-state index in [1.807, 2.05) is 6.07 Å². The number of nitriles is 1. The van der Waals surface area contributed by atoms with E-state index in [0.29, 0.717) is 11.1 Å². The van der Waals surface area contributed by atoms with Crippen molar-refractivity contribution in [3.8, 4) is 6.07 Å². The molecule has 0 aliphatic rings. The largest absolute Gasteiger partial charge is 0.376 e. The fourth-order valence-corrected chi connectivity index (χ4v) is 1.63. The minimum atomic E-state index is -0.649. The molecule has 0 fully saturated rings. The smallest absolute Gasteiger partial charge is 0.149 e. The van der Waals surface area contributed by atoms with E-state index in [1.54, 1.807) is 24.3 Å². The quantitative estimate of drug-likeness (QED) is 0.897. The third-order valence-electron chi connectivity index (χ3n) is 2.56. The molecular formula is C14H10F2N2. The van der Waals surface area contributed by atoms with E-state index in [2.05, 4.69) is 5.32 Å². The van der Waals surface area contributed by atoms with Crippen molar-refractivity contribution in [1.29, 1.82) is 5.26 Å². The number of halogens is 2. The van der Waals surface area contributed by atoms with E-state index in [4.69, 9.17) is 5.26 Å². The summed E-state index contributed by atoms with van der Waals surface area (Å²) in [6.07, 6.45) is 0. The van der Waals surface area contributed by atoms with Gasteiger partial charge in [0.25, 0.3) is 0 Å². The predicted octanol–water partition coefficient (Wildman–Crippen LogP) is 3.45. The van der Waals surface area contributed by atoms with Crippen LogP contribution in [0.2, 0.25) is 0 Å². The van der Waals surface area contributed by atoms with Gasteiger partial charge in [0.1, 0.15) is 17.3 Å². The Kier molecular flexibility index (Phi) is 3.54. The van der Waals surface area contributed by atoms with Crippen molar-refractivity contribution in [1.82, 2.24) is 0 Å². The summed E-state index contributed by atoms with van der Waals surface area (Å²) in [5, 5.41) is 11.6. The van der Waals surface area contributed by atoms with Crippen LogP contribution in [-0.4, -0.2) is 0 Å². The van der Waals surface area contributed by atoms with Gasteiger partial charge in [0.15, 0.2) is 0 Å². The Morgan fingerprint density at radius 3 is 2.33 bits per heavy atom. The number of rotatable bonds is 3. The molecule has 18 heavy (non-hydrogen) atoms. The van der Waals surface area contributed by atoms with Crippen LogP contribution in [0.15, 0.2) is 42.5 Å². The minimum absolute atomic E-state index is 0.176. The highest BCUT2D eigenvalue weighted by Crippen LogP contribution is 2.19. The lowest BCUT2D eigenvalue weighted by molar-refractivity contribution is 0.588. The molecule has 4 heteroatoms. The maximum absolute atomic E-state index is 13.4. The second kappa shape index (κ2) is 5.28. The van der Waals surface area contributed by atoms with Crippen LogP contribution in [0.4, 0.5) is 14.5 Å². The van der Waals surface area contributed by atoms with E-state index in [-0.39, 0.29) is 12.2 Å². The molecule has 0 saturated carbocycles. The molecule has 90 valence electrons. The van der Waals surface area contributed by atoms with Crippen LogP contribution in [0.1, 0.15) is 11.1 Å². The Balaban J connectivity index is 2.20. The van der Waals surface area contributed by atoms with E-state index in [9.17, 15) is 8.78 Å². The zero-order valence-electron chi connectivity index (χ0n) is 9.45. The van der Waals surface area contributed by atoms with Crippen LogP contribution in [0.3, 0.4) is 0 Å². The Labute approximate surface area is 103 Å². The molecule has 0 amide bonds. The SMILES string of the molecule is N#Cc1ccccc1CNc1c(F)cccc1F. The fraction of sp³-hybridized carbons (Fsp3) is 0.0714. The molecule has 0 spiro atoms. The lowest BCUT2D eigenvalue weighted by Gasteiger charge is -2.09. The number of nitrogens with one attached hydrogen (secondary N) is 1. The van der Waals surface area contributed by atoms with Gasteiger partial charge in [-0.15, -0.1) is 0 Å². The molecule has 2 rings (SSSR count). The first-order valence-electron chi connectivity index (χ1n) is 5.38. The fourth-order valence-electron chi connectivity index (χ4n) is 1.63. The molecule has 2 nitrogen and oxygen atoms in total. The van der Waals surface area contributed by atoms with E-state index in [0.717, 1.165) is 0 Å². The van der Waals surface area contributed by atoms with Crippen molar-refractivity contribution in [3.63, 3.8) is 0 Å². The summed E-state index contributed by atoms with van der Waals surface area (Å²) in [6.45, 7) is 0.196. The standard InChI is InChI=1S/C14H10F2N2/c15-12-6-3-7-13(16)14(12)18-9-11-5-2-1-4-10(11)8-17/h1-7,18H,9H2. The lowest BCUT2D eigenvalue weighted by atomic mass is 10.1. The summed E-state index contributed by atoms with van der Waals surface area (Å²) in [5.41, 5.74) is 1.01. The third kappa shape index (κ3) is 2.46. The van der Waals surface area contributed by atoms with Crippen LogP contribution < -0.4 is 5.32 Å². The topological polar surface area (TPSA) is 35.8 Å². The summed E-state index contributed by atoms with van der Waals surface area (Å²) in [7, 11) is 0. The Morgan fingerprint density at radius 2 is 1.67 bits per heavy atom. The molecule has 1 N–H and O–H groups in total. The van der Waals surface area contributed by atoms with E-state index >= 15 is 0 Å². The first-order chi connectivity index (χ1) is 8.72. The first-order valence-corrected chi connectivity index (χ1v) is 5.38. The van der Waals surface area contributed by atoms with Gasteiger partial charge < -0.3 is 5.32 Å². The van der Waals surface area contributed by atoms with Crippen LogP contribution in [0.5, 0.6) is 0 Å². The minimum Gasteiger partial charge on any atom is -0.376 e. The van der Waals surface area contributed by atoms with Crippen LogP contribution in [0, 0.1) is 23.0 Å². The molecule has 2 aromatic rings. The van der Waals surface area contributed by atoms with E-state index in [1.165, 1.54) is 18.2 Å². The van der Waals surface area contributed by atoms with Gasteiger partial charge in [-0.05, 0) is 23.8 Å². The van der Waals surface area contributed by atoms with Gasteiger partial charge in [-0.25, -0.2) is 8.78 Å². The molecule has 0 saturated heterocycles. The highest BCUT2D eigenvalue weighted by molar-refractivity contribution is 5.48. The normalized spacial score (nSPS) is 9.83. The summed E-state index contributed by atoms with van der Waals surface area (Å²) >= 11 is 0. The number of anilines is 1. The zero-order valence-corrected chi connectivity index (χ0v) is 9.45. The maximum atomic E-state index is 13.4. The Hall–Kier alpha value is -2.41. The zero-order chi connectivity index (χ0) is 13.0. The monoisotopic (exact) mass is 244 g/mol. The number of hydrogen-bond donors (Lipinski definition) is 1. The number of nitrogens with zero attached hydrogens (tertiary/aromatic N) is 1. The van der Waals surface area contributed by atoms with Crippen molar-refractivity contribution < 1.29 is 8.78 Å². The van der Waals surface area contributed by atoms with Gasteiger partial charge in [0, 0.05) is 6.54 Å².